The molecule has 0 radical (unpaired) electrons. The van der Waals surface area contributed by atoms with Crippen molar-refractivity contribution in [2.75, 3.05) is 6.54 Å². The number of amides is 1. The zero-order valence-electron chi connectivity index (χ0n) is 10.9. The molecule has 1 saturated carbocycles. The lowest BCUT2D eigenvalue weighted by Crippen LogP contribution is -2.45. The summed E-state index contributed by atoms with van der Waals surface area (Å²) in [5.41, 5.74) is 0. The second kappa shape index (κ2) is 4.71. The van der Waals surface area contributed by atoms with Crippen LogP contribution in [0.2, 0.25) is 0 Å². The number of carbonyl (C=O) groups excluding carboxylic acids is 1. The van der Waals surface area contributed by atoms with Crippen LogP contribution in [0.3, 0.4) is 0 Å². The molecule has 2 fully saturated rings. The molecule has 3 rings (SSSR count). The first-order valence-corrected chi connectivity index (χ1v) is 6.89. The van der Waals surface area contributed by atoms with Crippen LogP contribution in [0, 0.1) is 0 Å². The standard InChI is InChI=1S/C13H20N4O/c1-16-13(14-9-15-16)10-6-7-12(18)17(8-10)11-4-2-3-5-11/h9-11H,2-8H2,1H3. The fraction of sp³-hybridized carbons (Fsp3) is 0.769. The number of aryl methyl sites for hydroxylation is 1. The molecule has 0 aromatic carbocycles. The largest absolute Gasteiger partial charge is 0.339 e. The van der Waals surface area contributed by atoms with E-state index in [-0.39, 0.29) is 0 Å². The summed E-state index contributed by atoms with van der Waals surface area (Å²) in [5.74, 6) is 1.71. The van der Waals surface area contributed by atoms with Crippen LogP contribution in [-0.2, 0) is 11.8 Å². The Hall–Kier alpha value is -1.39. The van der Waals surface area contributed by atoms with Crippen molar-refractivity contribution in [2.24, 2.45) is 7.05 Å². The summed E-state index contributed by atoms with van der Waals surface area (Å²) >= 11 is 0. The molecule has 18 heavy (non-hydrogen) atoms. The third kappa shape index (κ3) is 2.02. The predicted octanol–water partition coefficient (Wildman–Crippen LogP) is 1.46. The summed E-state index contributed by atoms with van der Waals surface area (Å²) in [6, 6.07) is 0.480. The molecule has 0 N–H and O–H groups in total. The Kier molecular flexibility index (Phi) is 3.06. The van der Waals surface area contributed by atoms with E-state index in [4.69, 9.17) is 0 Å². The van der Waals surface area contributed by atoms with Crippen molar-refractivity contribution < 1.29 is 4.79 Å². The summed E-state index contributed by atoms with van der Waals surface area (Å²) in [6.07, 6.45) is 8.06. The lowest BCUT2D eigenvalue weighted by molar-refractivity contribution is -0.136. The Morgan fingerprint density at radius 2 is 2.06 bits per heavy atom. The lowest BCUT2D eigenvalue weighted by atomic mass is 9.95. The van der Waals surface area contributed by atoms with Crippen LogP contribution in [0.1, 0.15) is 50.3 Å². The van der Waals surface area contributed by atoms with E-state index in [2.05, 4.69) is 15.0 Å². The van der Waals surface area contributed by atoms with Gasteiger partial charge in [0.05, 0.1) is 0 Å². The van der Waals surface area contributed by atoms with Crippen molar-refractivity contribution in [3.05, 3.63) is 12.2 Å². The summed E-state index contributed by atoms with van der Waals surface area (Å²) in [6.45, 7) is 0.829. The first kappa shape index (κ1) is 11.7. The SMILES string of the molecule is Cn1ncnc1C1CCC(=O)N(C2CCCC2)C1. The van der Waals surface area contributed by atoms with Gasteiger partial charge in [-0.3, -0.25) is 9.48 Å². The highest BCUT2D eigenvalue weighted by molar-refractivity contribution is 5.77. The maximum atomic E-state index is 12.1. The van der Waals surface area contributed by atoms with Crippen molar-refractivity contribution in [1.29, 1.82) is 0 Å². The van der Waals surface area contributed by atoms with Crippen molar-refractivity contribution in [2.45, 2.75) is 50.5 Å². The minimum absolute atomic E-state index is 0.334. The Balaban J connectivity index is 1.75. The van der Waals surface area contributed by atoms with Crippen LogP contribution < -0.4 is 0 Å². The molecule has 5 nitrogen and oxygen atoms in total. The van der Waals surface area contributed by atoms with Crippen LogP contribution in [-0.4, -0.2) is 38.2 Å². The van der Waals surface area contributed by atoms with Crippen LogP contribution in [0.15, 0.2) is 6.33 Å². The fourth-order valence-corrected chi connectivity index (χ4v) is 3.33. The number of nitrogens with zero attached hydrogens (tertiary/aromatic N) is 4. The van der Waals surface area contributed by atoms with Gasteiger partial charge < -0.3 is 4.90 Å². The zero-order valence-corrected chi connectivity index (χ0v) is 10.9. The molecule has 2 heterocycles. The van der Waals surface area contributed by atoms with Gasteiger partial charge in [-0.15, -0.1) is 0 Å². The van der Waals surface area contributed by atoms with E-state index in [0.29, 0.717) is 24.3 Å². The highest BCUT2D eigenvalue weighted by atomic mass is 16.2. The van der Waals surface area contributed by atoms with Gasteiger partial charge in [-0.25, -0.2) is 4.98 Å². The number of piperidine rings is 1. The fourth-order valence-electron chi connectivity index (χ4n) is 3.33. The van der Waals surface area contributed by atoms with Gasteiger partial charge in [0.15, 0.2) is 0 Å². The van der Waals surface area contributed by atoms with Crippen molar-refractivity contribution in [3.63, 3.8) is 0 Å². The average Bonchev–Trinajstić information content (AvgIpc) is 3.01. The number of carbonyl (C=O) groups is 1. The number of hydrogen-bond acceptors (Lipinski definition) is 3. The summed E-state index contributed by atoms with van der Waals surface area (Å²) in [7, 11) is 1.93. The molecule has 1 aromatic rings. The van der Waals surface area contributed by atoms with Crippen molar-refractivity contribution in [3.8, 4) is 0 Å². The first-order chi connectivity index (χ1) is 8.75. The summed E-state index contributed by atoms with van der Waals surface area (Å²) in [4.78, 5) is 18.5. The highest BCUT2D eigenvalue weighted by Gasteiger charge is 2.34. The summed E-state index contributed by atoms with van der Waals surface area (Å²) in [5, 5.41) is 4.14. The third-order valence-electron chi connectivity index (χ3n) is 4.32. The first-order valence-electron chi connectivity index (χ1n) is 6.89. The van der Waals surface area contributed by atoms with Crippen LogP contribution >= 0.6 is 0 Å². The second-order valence-electron chi connectivity index (χ2n) is 5.46. The Bertz CT molecular complexity index is 436. The summed E-state index contributed by atoms with van der Waals surface area (Å²) < 4.78 is 1.84. The molecule has 2 aliphatic rings. The van der Waals surface area contributed by atoms with Crippen LogP contribution in [0.4, 0.5) is 0 Å². The van der Waals surface area contributed by atoms with E-state index >= 15 is 0 Å². The van der Waals surface area contributed by atoms with Gasteiger partial charge >= 0.3 is 0 Å². The quantitative estimate of drug-likeness (QED) is 0.796. The lowest BCUT2D eigenvalue weighted by Gasteiger charge is -2.36. The molecule has 0 spiro atoms. The van der Waals surface area contributed by atoms with Gasteiger partial charge in [0.1, 0.15) is 12.2 Å². The molecule has 0 bridgehead atoms. The minimum atomic E-state index is 0.334. The smallest absolute Gasteiger partial charge is 0.222 e. The number of hydrogen-bond donors (Lipinski definition) is 0. The second-order valence-corrected chi connectivity index (χ2v) is 5.46. The molecule has 5 heteroatoms. The van der Waals surface area contributed by atoms with E-state index in [1.54, 1.807) is 6.33 Å². The molecule has 1 aliphatic carbocycles. The Labute approximate surface area is 107 Å². The minimum Gasteiger partial charge on any atom is -0.339 e. The van der Waals surface area contributed by atoms with Crippen LogP contribution in [0.5, 0.6) is 0 Å². The van der Waals surface area contributed by atoms with Crippen molar-refractivity contribution >= 4 is 5.91 Å². The van der Waals surface area contributed by atoms with Gasteiger partial charge in [-0.2, -0.15) is 5.10 Å². The molecule has 1 unspecified atom stereocenters. The molecule has 1 amide bonds. The Morgan fingerprint density at radius 3 is 2.72 bits per heavy atom. The molecule has 1 aliphatic heterocycles. The van der Waals surface area contributed by atoms with E-state index in [9.17, 15) is 4.79 Å². The predicted molar refractivity (Wildman–Crippen MR) is 66.9 cm³/mol. The maximum Gasteiger partial charge on any atom is 0.222 e. The molecule has 1 saturated heterocycles. The van der Waals surface area contributed by atoms with E-state index in [1.165, 1.54) is 25.7 Å². The van der Waals surface area contributed by atoms with Gasteiger partial charge in [-0.05, 0) is 19.3 Å². The average molecular weight is 248 g/mol. The van der Waals surface area contributed by atoms with E-state index in [0.717, 1.165) is 18.8 Å². The van der Waals surface area contributed by atoms with Gasteiger partial charge in [0.25, 0.3) is 0 Å². The van der Waals surface area contributed by atoms with Gasteiger partial charge in [0, 0.05) is 32.0 Å². The van der Waals surface area contributed by atoms with Crippen molar-refractivity contribution in [1.82, 2.24) is 19.7 Å². The molecule has 1 atom stereocenters. The third-order valence-corrected chi connectivity index (χ3v) is 4.32. The normalized spacial score (nSPS) is 25.9. The zero-order chi connectivity index (χ0) is 12.5. The monoisotopic (exact) mass is 248 g/mol. The molecule has 98 valence electrons. The van der Waals surface area contributed by atoms with E-state index < -0.39 is 0 Å². The number of likely N-dealkylation sites (tertiary alicyclic amines) is 1. The van der Waals surface area contributed by atoms with Crippen LogP contribution in [0.25, 0.3) is 0 Å². The number of rotatable bonds is 2. The van der Waals surface area contributed by atoms with E-state index in [1.807, 2.05) is 11.7 Å². The molecule has 1 aromatic heterocycles. The molecular formula is C13H20N4O. The highest BCUT2D eigenvalue weighted by Crippen LogP contribution is 2.31. The number of aromatic nitrogens is 3. The molecular weight excluding hydrogens is 228 g/mol. The van der Waals surface area contributed by atoms with Gasteiger partial charge in [0.2, 0.25) is 5.91 Å². The maximum absolute atomic E-state index is 12.1. The Morgan fingerprint density at radius 1 is 1.28 bits per heavy atom. The van der Waals surface area contributed by atoms with Gasteiger partial charge in [-0.1, -0.05) is 12.8 Å². The topological polar surface area (TPSA) is 51.0 Å².